The molecule has 23 heavy (non-hydrogen) atoms. The molecular weight excluding hydrogens is 278 g/mol. The largest absolute Gasteiger partial charge is 0.364 e. The van der Waals surface area contributed by atoms with Crippen molar-refractivity contribution in [1.29, 1.82) is 0 Å². The second-order valence-electron chi connectivity index (χ2n) is 8.37. The molecule has 1 aliphatic carbocycles. The Kier molecular flexibility index (Phi) is 4.23. The first kappa shape index (κ1) is 16.1. The monoisotopic (exact) mass is 307 g/mol. The summed E-state index contributed by atoms with van der Waals surface area (Å²) in [6, 6.07) is 11.4. The van der Waals surface area contributed by atoms with E-state index in [4.69, 9.17) is 0 Å². The van der Waals surface area contributed by atoms with Crippen LogP contribution in [0, 0.1) is 10.8 Å². The van der Waals surface area contributed by atoms with E-state index in [2.05, 4.69) is 93.3 Å². The molecule has 0 amide bonds. The Morgan fingerprint density at radius 2 is 1.74 bits per heavy atom. The minimum absolute atomic E-state index is 0.119. The summed E-state index contributed by atoms with van der Waals surface area (Å²) >= 11 is 0. The van der Waals surface area contributed by atoms with Crippen LogP contribution in [-0.4, -0.2) is 12.6 Å². The molecule has 1 saturated heterocycles. The van der Waals surface area contributed by atoms with Gasteiger partial charge < -0.3 is 4.90 Å². The molecular formula is C22H29N. The van der Waals surface area contributed by atoms with Crippen molar-refractivity contribution < 1.29 is 0 Å². The Morgan fingerprint density at radius 3 is 2.48 bits per heavy atom. The van der Waals surface area contributed by atoms with E-state index in [0.29, 0.717) is 11.5 Å². The van der Waals surface area contributed by atoms with E-state index in [1.165, 1.54) is 24.1 Å². The summed E-state index contributed by atoms with van der Waals surface area (Å²) in [5, 5.41) is 0. The lowest BCUT2D eigenvalue weighted by atomic mass is 9.78. The molecule has 1 nitrogen and oxygen atoms in total. The molecule has 1 atom stereocenters. The maximum Gasteiger partial charge on any atom is 0.0540 e. The lowest BCUT2D eigenvalue weighted by molar-refractivity contribution is 0.269. The highest BCUT2D eigenvalue weighted by molar-refractivity contribution is 5.52. The summed E-state index contributed by atoms with van der Waals surface area (Å²) < 4.78 is 0. The van der Waals surface area contributed by atoms with Gasteiger partial charge in [0.05, 0.1) is 6.04 Å². The fraction of sp³-hybridized carbons (Fsp3) is 0.455. The maximum atomic E-state index is 2.61. The lowest BCUT2D eigenvalue weighted by Crippen LogP contribution is -2.47. The highest BCUT2D eigenvalue weighted by atomic mass is 15.2. The average molecular weight is 307 g/mol. The van der Waals surface area contributed by atoms with Gasteiger partial charge in [0, 0.05) is 17.6 Å². The van der Waals surface area contributed by atoms with Crippen molar-refractivity contribution in [3.8, 4) is 0 Å². The zero-order chi connectivity index (χ0) is 16.5. The molecule has 1 heteroatoms. The number of allylic oxidation sites excluding steroid dienone is 4. The van der Waals surface area contributed by atoms with Gasteiger partial charge in [-0.25, -0.2) is 0 Å². The van der Waals surface area contributed by atoms with Crippen LogP contribution in [0.15, 0.2) is 66.3 Å². The van der Waals surface area contributed by atoms with E-state index in [1.807, 2.05) is 0 Å². The quantitative estimate of drug-likeness (QED) is 0.671. The first-order valence-corrected chi connectivity index (χ1v) is 8.77. The van der Waals surface area contributed by atoms with Gasteiger partial charge in [-0.1, -0.05) is 76.3 Å². The zero-order valence-corrected chi connectivity index (χ0v) is 14.9. The fourth-order valence-electron chi connectivity index (χ4n) is 3.77. The van der Waals surface area contributed by atoms with Gasteiger partial charge in [-0.05, 0) is 36.0 Å². The van der Waals surface area contributed by atoms with Crippen LogP contribution < -0.4 is 4.90 Å². The molecule has 0 spiro atoms. The molecule has 0 aromatic heterocycles. The van der Waals surface area contributed by atoms with Gasteiger partial charge in [0.2, 0.25) is 0 Å². The van der Waals surface area contributed by atoms with Crippen LogP contribution in [0.2, 0.25) is 0 Å². The first-order valence-electron chi connectivity index (χ1n) is 8.77. The number of benzene rings is 1. The summed E-state index contributed by atoms with van der Waals surface area (Å²) in [7, 11) is 0. The number of anilines is 1. The SMILES string of the molecule is CC1(C)C=CC=CC(C2CCC(C)(C)CN2c2ccccc2)=C1. The standard InChI is InChI=1S/C22H29N/c1-21(2)14-9-8-10-18(16-21)20-13-15-22(3,4)17-23(20)19-11-6-5-7-12-19/h5-12,14,16,20H,13,15,17H2,1-4H3. The Balaban J connectivity index is 1.97. The van der Waals surface area contributed by atoms with Gasteiger partial charge in [-0.3, -0.25) is 0 Å². The van der Waals surface area contributed by atoms with Crippen molar-refractivity contribution in [2.45, 2.75) is 46.6 Å². The van der Waals surface area contributed by atoms with E-state index < -0.39 is 0 Å². The smallest absolute Gasteiger partial charge is 0.0540 e. The topological polar surface area (TPSA) is 3.24 Å². The second kappa shape index (κ2) is 6.03. The van der Waals surface area contributed by atoms with E-state index in [-0.39, 0.29) is 5.41 Å². The van der Waals surface area contributed by atoms with E-state index in [1.54, 1.807) is 0 Å². The molecule has 3 rings (SSSR count). The van der Waals surface area contributed by atoms with Crippen LogP contribution in [0.25, 0.3) is 0 Å². The summed E-state index contributed by atoms with van der Waals surface area (Å²) in [6.07, 6.45) is 13.9. The Morgan fingerprint density at radius 1 is 1.00 bits per heavy atom. The number of nitrogens with zero attached hydrogens (tertiary/aromatic N) is 1. The van der Waals surface area contributed by atoms with Gasteiger partial charge in [-0.2, -0.15) is 0 Å². The highest BCUT2D eigenvalue weighted by Crippen LogP contribution is 2.39. The molecule has 0 saturated carbocycles. The minimum Gasteiger partial charge on any atom is -0.364 e. The highest BCUT2D eigenvalue weighted by Gasteiger charge is 2.35. The molecule has 2 aliphatic rings. The summed E-state index contributed by atoms with van der Waals surface area (Å²) in [6.45, 7) is 10.5. The predicted octanol–water partition coefficient (Wildman–Crippen LogP) is 5.76. The average Bonchev–Trinajstić information content (AvgIpc) is 2.68. The Bertz CT molecular complexity index is 631. The van der Waals surface area contributed by atoms with Crippen molar-refractivity contribution in [2.24, 2.45) is 10.8 Å². The number of piperidine rings is 1. The first-order chi connectivity index (χ1) is 10.9. The molecule has 1 aromatic rings. The lowest BCUT2D eigenvalue weighted by Gasteiger charge is -2.46. The summed E-state index contributed by atoms with van der Waals surface area (Å²) in [4.78, 5) is 2.61. The third-order valence-corrected chi connectivity index (χ3v) is 5.01. The molecule has 1 heterocycles. The number of hydrogen-bond acceptors (Lipinski definition) is 1. The van der Waals surface area contributed by atoms with E-state index >= 15 is 0 Å². The molecule has 0 N–H and O–H groups in total. The van der Waals surface area contributed by atoms with Gasteiger partial charge in [0.1, 0.15) is 0 Å². The molecule has 0 bridgehead atoms. The van der Waals surface area contributed by atoms with Gasteiger partial charge in [0.15, 0.2) is 0 Å². The summed E-state index contributed by atoms with van der Waals surface area (Å²) in [5.74, 6) is 0. The van der Waals surface area contributed by atoms with Crippen molar-refractivity contribution in [1.82, 2.24) is 0 Å². The van der Waals surface area contributed by atoms with Crippen molar-refractivity contribution in [3.63, 3.8) is 0 Å². The van der Waals surface area contributed by atoms with Gasteiger partial charge in [0.25, 0.3) is 0 Å². The summed E-state index contributed by atoms with van der Waals surface area (Å²) in [5.41, 5.74) is 3.29. The normalized spacial score (nSPS) is 25.8. The van der Waals surface area contributed by atoms with Crippen molar-refractivity contribution in [2.75, 3.05) is 11.4 Å². The molecule has 1 aliphatic heterocycles. The Labute approximate surface area is 141 Å². The van der Waals surface area contributed by atoms with Gasteiger partial charge in [-0.15, -0.1) is 0 Å². The van der Waals surface area contributed by atoms with Crippen molar-refractivity contribution >= 4 is 5.69 Å². The fourth-order valence-corrected chi connectivity index (χ4v) is 3.77. The molecule has 1 unspecified atom stereocenters. The van der Waals surface area contributed by atoms with Crippen molar-refractivity contribution in [3.05, 3.63) is 66.3 Å². The molecule has 1 fully saturated rings. The third kappa shape index (κ3) is 3.77. The second-order valence-corrected chi connectivity index (χ2v) is 8.37. The predicted molar refractivity (Wildman–Crippen MR) is 101 cm³/mol. The van der Waals surface area contributed by atoms with E-state index in [0.717, 1.165) is 6.54 Å². The van der Waals surface area contributed by atoms with Crippen LogP contribution in [-0.2, 0) is 0 Å². The van der Waals surface area contributed by atoms with Crippen LogP contribution >= 0.6 is 0 Å². The van der Waals surface area contributed by atoms with Gasteiger partial charge >= 0.3 is 0 Å². The number of hydrogen-bond donors (Lipinski definition) is 0. The number of para-hydroxylation sites is 1. The maximum absolute atomic E-state index is 2.61. The van der Waals surface area contributed by atoms with Crippen LogP contribution in [0.3, 0.4) is 0 Å². The van der Waals surface area contributed by atoms with Crippen LogP contribution in [0.4, 0.5) is 5.69 Å². The molecule has 0 radical (unpaired) electrons. The third-order valence-electron chi connectivity index (χ3n) is 5.01. The van der Waals surface area contributed by atoms with Crippen LogP contribution in [0.5, 0.6) is 0 Å². The van der Waals surface area contributed by atoms with Crippen LogP contribution in [0.1, 0.15) is 40.5 Å². The molecule has 122 valence electrons. The minimum atomic E-state index is 0.119. The zero-order valence-electron chi connectivity index (χ0n) is 14.9. The Hall–Kier alpha value is -1.76. The molecule has 1 aromatic carbocycles. The number of rotatable bonds is 2. The van der Waals surface area contributed by atoms with E-state index in [9.17, 15) is 0 Å².